The smallest absolute Gasteiger partial charge is 0.346 e. The number of pyridine rings is 1. The lowest BCUT2D eigenvalue weighted by Gasteiger charge is -2.39. The summed E-state index contributed by atoms with van der Waals surface area (Å²) in [7, 11) is 3.58. The van der Waals surface area contributed by atoms with E-state index in [2.05, 4.69) is 64.4 Å². The Labute approximate surface area is 401 Å². The number of hydrazine groups is 1. The number of rotatable bonds is 9. The normalized spacial score (nSPS) is 23.3. The number of aryl methyl sites for hydroxylation is 1. The number of benzene rings is 1. The minimum Gasteiger partial charge on any atom is -0.464 e. The molecule has 0 radical (unpaired) electrons. The summed E-state index contributed by atoms with van der Waals surface area (Å²) in [5.74, 6) is -0.462. The molecule has 18 nitrogen and oxygen atoms in total. The van der Waals surface area contributed by atoms with Crippen LogP contribution in [0.3, 0.4) is 0 Å². The summed E-state index contributed by atoms with van der Waals surface area (Å²) >= 11 is 0. The average Bonchev–Trinajstić information content (AvgIpc) is 4.22. The van der Waals surface area contributed by atoms with E-state index in [1.165, 1.54) is 5.01 Å². The predicted molar refractivity (Wildman–Crippen MR) is 253 cm³/mol. The molecule has 368 valence electrons. The quantitative estimate of drug-likeness (QED) is 0.162. The fraction of sp³-hybridized carbons (Fsp3) is 0.560. The highest BCUT2D eigenvalue weighted by molar-refractivity contribution is 5.95. The van der Waals surface area contributed by atoms with Crippen molar-refractivity contribution in [3.63, 3.8) is 0 Å². The van der Waals surface area contributed by atoms with Crippen LogP contribution in [0.15, 0.2) is 53.5 Å². The Hall–Kier alpha value is -6.05. The molecule has 1 saturated carbocycles. The van der Waals surface area contributed by atoms with Crippen LogP contribution >= 0.6 is 0 Å². The molecular formula is C50H64FN11O7. The van der Waals surface area contributed by atoms with Gasteiger partial charge in [0, 0.05) is 72.5 Å². The summed E-state index contributed by atoms with van der Waals surface area (Å²) in [6.45, 7) is 11.7. The second-order valence-corrected chi connectivity index (χ2v) is 19.9. The number of nitrogens with zero attached hydrogens (tertiary/aromatic N) is 9. The van der Waals surface area contributed by atoms with Gasteiger partial charge in [0.1, 0.15) is 18.4 Å². The van der Waals surface area contributed by atoms with Crippen molar-refractivity contribution in [2.45, 2.75) is 135 Å². The van der Waals surface area contributed by atoms with E-state index in [0.29, 0.717) is 51.1 Å². The van der Waals surface area contributed by atoms with Gasteiger partial charge in [-0.15, -0.1) is 5.10 Å². The van der Waals surface area contributed by atoms with E-state index in [1.54, 1.807) is 24.4 Å². The van der Waals surface area contributed by atoms with E-state index < -0.39 is 47.5 Å². The van der Waals surface area contributed by atoms with Gasteiger partial charge in [0.05, 0.1) is 42.8 Å². The van der Waals surface area contributed by atoms with Crippen LogP contribution in [-0.2, 0) is 43.2 Å². The highest BCUT2D eigenvalue weighted by Gasteiger charge is 2.45. The van der Waals surface area contributed by atoms with Crippen molar-refractivity contribution in [1.29, 1.82) is 0 Å². The molecule has 0 spiro atoms. The maximum absolute atomic E-state index is 15.0. The van der Waals surface area contributed by atoms with Crippen molar-refractivity contribution in [2.75, 3.05) is 33.9 Å². The van der Waals surface area contributed by atoms with Gasteiger partial charge in [0.25, 0.3) is 5.91 Å². The van der Waals surface area contributed by atoms with Gasteiger partial charge in [-0.3, -0.25) is 29.3 Å². The topological polar surface area (TPSA) is 195 Å². The zero-order chi connectivity index (χ0) is 48.7. The zero-order valence-electron chi connectivity index (χ0n) is 40.6. The van der Waals surface area contributed by atoms with E-state index in [1.807, 2.05) is 37.9 Å². The van der Waals surface area contributed by atoms with Crippen LogP contribution in [-0.4, -0.2) is 132 Å². The third-order valence-electron chi connectivity index (χ3n) is 14.8. The van der Waals surface area contributed by atoms with Crippen LogP contribution in [0.4, 0.5) is 9.18 Å². The van der Waals surface area contributed by atoms with Crippen LogP contribution in [0.5, 0.6) is 0 Å². The van der Waals surface area contributed by atoms with E-state index in [-0.39, 0.29) is 48.9 Å². The number of hydrogen-bond acceptors (Lipinski definition) is 13. The van der Waals surface area contributed by atoms with E-state index in [9.17, 15) is 23.6 Å². The van der Waals surface area contributed by atoms with E-state index >= 15 is 0 Å². The molecule has 4 aliphatic rings. The number of esters is 1. The van der Waals surface area contributed by atoms with Crippen LogP contribution in [0, 0.1) is 17.4 Å². The van der Waals surface area contributed by atoms with Crippen molar-refractivity contribution < 1.29 is 37.5 Å². The van der Waals surface area contributed by atoms with Crippen molar-refractivity contribution >= 4 is 34.7 Å². The number of carbonyl (C=O) groups excluding carboxylic acids is 4. The minimum absolute atomic E-state index is 0.00783. The molecule has 4 aromatic heterocycles. The maximum Gasteiger partial charge on any atom is 0.346 e. The van der Waals surface area contributed by atoms with Crippen molar-refractivity contribution in [3.05, 3.63) is 72.3 Å². The van der Waals surface area contributed by atoms with Gasteiger partial charge in [0.15, 0.2) is 11.7 Å². The Morgan fingerprint density at radius 3 is 2.61 bits per heavy atom. The van der Waals surface area contributed by atoms with Crippen LogP contribution in [0.1, 0.15) is 103 Å². The monoisotopic (exact) mass is 949 g/mol. The summed E-state index contributed by atoms with van der Waals surface area (Å²) in [6, 6.07) is 6.61. The molecule has 2 unspecified atom stereocenters. The van der Waals surface area contributed by atoms with Gasteiger partial charge in [-0.05, 0) is 108 Å². The number of oxazole rings is 1. The third-order valence-corrected chi connectivity index (χ3v) is 14.8. The molecule has 3 amide bonds. The number of likely N-dealkylation sites (tertiary alicyclic amines) is 1. The Morgan fingerprint density at radius 2 is 1.87 bits per heavy atom. The fourth-order valence-electron chi connectivity index (χ4n) is 11.2. The maximum atomic E-state index is 15.0. The molecule has 6 atom stereocenters. The highest BCUT2D eigenvalue weighted by atomic mass is 19.1. The van der Waals surface area contributed by atoms with Crippen molar-refractivity contribution in [2.24, 2.45) is 11.3 Å². The summed E-state index contributed by atoms with van der Waals surface area (Å²) in [5.41, 5.74) is 8.30. The van der Waals surface area contributed by atoms with E-state index in [0.717, 1.165) is 75.7 Å². The van der Waals surface area contributed by atoms with Gasteiger partial charge >= 0.3 is 18.1 Å². The number of cyclic esters (lactones) is 1. The second kappa shape index (κ2) is 19.7. The van der Waals surface area contributed by atoms with Gasteiger partial charge in [-0.25, -0.2) is 15.2 Å². The standard InChI is InChI=1S/C50H64FN11O7/c1-8-59-39-18-17-32-23-34(39)35(44(59)33-15-11-20-52-42(33)30(3)67-7)25-50(4,5)27-68-47(65)36-16-12-21-61(56-36)46(64)37(24-41-53-26-40(32)69-41)55-45(63)43(31-13-9-10-14-31)58(6)38-19-22-60(29(38)2)49(66)62-28-54-48(51)57-62/h11,15,17-18,20,23,26,28-31,36-38,43,56H,8-10,12-14,16,19,21-22,24-25,27H2,1-7H3,(H,55,63)/t29?,30-,36-,37-,38?,43-/m0/s1. The fourth-order valence-corrected chi connectivity index (χ4v) is 11.2. The van der Waals surface area contributed by atoms with Gasteiger partial charge in [-0.2, -0.15) is 14.1 Å². The number of nitrogens with one attached hydrogen (secondary N) is 2. The first-order valence-electron chi connectivity index (χ1n) is 24.4. The van der Waals surface area contributed by atoms with Crippen molar-refractivity contribution in [3.8, 4) is 22.6 Å². The molecule has 1 aromatic carbocycles. The molecule has 19 heteroatoms. The number of ether oxygens (including phenoxy) is 2. The lowest BCUT2D eigenvalue weighted by molar-refractivity contribution is -0.155. The summed E-state index contributed by atoms with van der Waals surface area (Å²) < 4.78 is 35.4. The zero-order valence-corrected chi connectivity index (χ0v) is 40.6. The largest absolute Gasteiger partial charge is 0.464 e. The number of aromatic nitrogens is 6. The molecule has 1 aliphatic carbocycles. The first-order valence-corrected chi connectivity index (χ1v) is 24.4. The van der Waals surface area contributed by atoms with Crippen molar-refractivity contribution in [1.82, 2.24) is 54.9 Å². The summed E-state index contributed by atoms with van der Waals surface area (Å²) in [5, 5.41) is 9.17. The molecule has 3 fully saturated rings. The number of likely N-dealkylation sites (N-methyl/N-ethyl adjacent to an activating group) is 1. The first-order chi connectivity index (χ1) is 33.2. The molecule has 9 rings (SSSR count). The number of halogens is 1. The average molecular weight is 950 g/mol. The Kier molecular flexibility index (Phi) is 13.7. The SMILES string of the molecule is CCn1c(-c2cccnc2[C@H](C)OC)c2c3cc(ccc31)-c1cnc(o1)C[C@H](NC(=O)[C@H](C1CCCC1)N(C)C1CCN(C(=O)n3cnc(F)n3)C1C)C(=O)N1CCC[C@H](N1)C(=O)OCC(C)(C)C2. The second-order valence-electron chi connectivity index (χ2n) is 19.9. The summed E-state index contributed by atoms with van der Waals surface area (Å²) in [6.07, 6.45) is 8.88. The third kappa shape index (κ3) is 9.52. The van der Waals surface area contributed by atoms with E-state index in [4.69, 9.17) is 23.9 Å². The molecule has 2 saturated heterocycles. The number of fused-ring (bicyclic) bond motifs is 6. The number of hydrogen-bond donors (Lipinski definition) is 2. The van der Waals surface area contributed by atoms with Crippen LogP contribution < -0.4 is 10.7 Å². The molecule has 6 bridgehead atoms. The molecule has 7 heterocycles. The first kappa shape index (κ1) is 48.0. The molecule has 2 N–H and O–H groups in total. The van der Waals surface area contributed by atoms with Gasteiger partial charge in [0.2, 0.25) is 5.91 Å². The number of carbonyl (C=O) groups is 4. The van der Waals surface area contributed by atoms with Gasteiger partial charge < -0.3 is 28.7 Å². The lowest BCUT2D eigenvalue weighted by Crippen LogP contribution is -2.62. The molecule has 5 aromatic rings. The van der Waals surface area contributed by atoms with Crippen LogP contribution in [0.25, 0.3) is 33.5 Å². The number of methoxy groups -OCH3 is 1. The number of amides is 3. The van der Waals surface area contributed by atoms with Gasteiger partial charge in [-0.1, -0.05) is 26.7 Å². The molecule has 69 heavy (non-hydrogen) atoms. The van der Waals surface area contributed by atoms with Crippen LogP contribution in [0.2, 0.25) is 0 Å². The minimum atomic E-state index is -1.12. The molecule has 3 aliphatic heterocycles. The Bertz CT molecular complexity index is 2710. The lowest BCUT2D eigenvalue weighted by atomic mass is 9.84. The Balaban J connectivity index is 1.07. The predicted octanol–water partition coefficient (Wildman–Crippen LogP) is 6.09. The highest BCUT2D eigenvalue weighted by Crippen LogP contribution is 2.42. The molecular weight excluding hydrogens is 886 g/mol. The summed E-state index contributed by atoms with van der Waals surface area (Å²) in [4.78, 5) is 73.8. The Morgan fingerprint density at radius 1 is 1.07 bits per heavy atom.